The number of H-pyrrole nitrogens is 1. The van der Waals surface area contributed by atoms with Crippen LogP contribution >= 0.6 is 0 Å². The summed E-state index contributed by atoms with van der Waals surface area (Å²) in [6, 6.07) is 17.5. The molecule has 2 heterocycles. The number of carbonyl (C=O) groups is 2. The number of hydrogen-bond acceptors (Lipinski definition) is 3. The summed E-state index contributed by atoms with van der Waals surface area (Å²) in [4.78, 5) is 26.8. The Balaban J connectivity index is 1.55. The molecule has 142 valence electrons. The van der Waals surface area contributed by atoms with Gasteiger partial charge in [0, 0.05) is 19.0 Å². The van der Waals surface area contributed by atoms with Crippen molar-refractivity contribution < 1.29 is 9.59 Å². The van der Waals surface area contributed by atoms with Crippen molar-refractivity contribution in [2.24, 2.45) is 0 Å². The Labute approximate surface area is 163 Å². The second kappa shape index (κ2) is 7.68. The van der Waals surface area contributed by atoms with E-state index in [1.165, 1.54) is 5.56 Å². The lowest BCUT2D eigenvalue weighted by Crippen LogP contribution is -2.40. The predicted octanol–water partition coefficient (Wildman–Crippen LogP) is 3.55. The van der Waals surface area contributed by atoms with Crippen molar-refractivity contribution in [2.45, 2.75) is 25.8 Å². The number of fused-ring (bicyclic) bond motifs is 1. The van der Waals surface area contributed by atoms with Gasteiger partial charge in [-0.3, -0.25) is 14.7 Å². The molecule has 28 heavy (non-hydrogen) atoms. The van der Waals surface area contributed by atoms with Gasteiger partial charge in [-0.15, -0.1) is 0 Å². The zero-order valence-electron chi connectivity index (χ0n) is 15.7. The monoisotopic (exact) mass is 374 g/mol. The van der Waals surface area contributed by atoms with Crippen molar-refractivity contribution >= 4 is 17.5 Å². The van der Waals surface area contributed by atoms with Crippen LogP contribution in [-0.2, 0) is 16.0 Å². The van der Waals surface area contributed by atoms with Crippen LogP contribution in [0.4, 0.5) is 5.69 Å². The fraction of sp³-hybridized carbons (Fsp3) is 0.227. The molecule has 0 radical (unpaired) electrons. The van der Waals surface area contributed by atoms with E-state index in [9.17, 15) is 9.59 Å². The van der Waals surface area contributed by atoms with E-state index in [4.69, 9.17) is 0 Å². The van der Waals surface area contributed by atoms with Gasteiger partial charge >= 0.3 is 0 Å². The fourth-order valence-electron chi connectivity index (χ4n) is 3.83. The molecule has 1 aliphatic rings. The first-order chi connectivity index (χ1) is 13.6. The molecule has 3 aromatic rings. The molecule has 0 aliphatic carbocycles. The van der Waals surface area contributed by atoms with E-state index in [1.807, 2.05) is 48.5 Å². The molecule has 2 amide bonds. The van der Waals surface area contributed by atoms with Crippen LogP contribution < -0.4 is 5.32 Å². The van der Waals surface area contributed by atoms with Crippen molar-refractivity contribution in [2.75, 3.05) is 11.9 Å². The van der Waals surface area contributed by atoms with Gasteiger partial charge in [-0.05, 0) is 17.5 Å². The normalized spacial score (nSPS) is 15.8. The molecule has 1 atom stereocenters. The van der Waals surface area contributed by atoms with Crippen LogP contribution in [0.5, 0.6) is 0 Å². The SMILES string of the molecule is CC(=O)N1CCc2ccccc2[C@H]1CC(=O)Nc1cn[nH]c1-c1ccccc1. The van der Waals surface area contributed by atoms with Crippen LogP contribution in [0, 0.1) is 0 Å². The topological polar surface area (TPSA) is 78.1 Å². The summed E-state index contributed by atoms with van der Waals surface area (Å²) in [5.74, 6) is -0.160. The largest absolute Gasteiger partial charge is 0.335 e. The third-order valence-corrected chi connectivity index (χ3v) is 5.17. The van der Waals surface area contributed by atoms with Crippen molar-refractivity contribution in [1.82, 2.24) is 15.1 Å². The van der Waals surface area contributed by atoms with Gasteiger partial charge in [0.1, 0.15) is 0 Å². The van der Waals surface area contributed by atoms with E-state index < -0.39 is 0 Å². The Bertz CT molecular complexity index is 997. The van der Waals surface area contributed by atoms with Crippen molar-refractivity contribution in [1.29, 1.82) is 0 Å². The van der Waals surface area contributed by atoms with Gasteiger partial charge in [0.2, 0.25) is 11.8 Å². The van der Waals surface area contributed by atoms with Gasteiger partial charge in [-0.25, -0.2) is 0 Å². The standard InChI is InChI=1S/C22H22N4O2/c1-15(27)26-12-11-16-7-5-6-10-18(16)20(26)13-21(28)24-19-14-23-25-22(19)17-8-3-2-4-9-17/h2-10,14,20H,11-13H2,1H3,(H,23,25)(H,24,28)/t20-/m1/s1. The summed E-state index contributed by atoms with van der Waals surface area (Å²) in [6.07, 6.45) is 2.63. The van der Waals surface area contributed by atoms with E-state index >= 15 is 0 Å². The lowest BCUT2D eigenvalue weighted by Gasteiger charge is -2.36. The Kier molecular flexibility index (Phi) is 4.93. The second-order valence-corrected chi connectivity index (χ2v) is 6.95. The molecule has 0 bridgehead atoms. The number of amides is 2. The maximum absolute atomic E-state index is 12.8. The summed E-state index contributed by atoms with van der Waals surface area (Å²) in [7, 11) is 0. The Morgan fingerprint density at radius 3 is 2.68 bits per heavy atom. The van der Waals surface area contributed by atoms with Crippen LogP contribution in [0.15, 0.2) is 60.8 Å². The average Bonchev–Trinajstić information content (AvgIpc) is 3.16. The zero-order chi connectivity index (χ0) is 19.5. The molecule has 0 spiro atoms. The number of hydrogen-bond donors (Lipinski definition) is 2. The van der Waals surface area contributed by atoms with Gasteiger partial charge < -0.3 is 10.2 Å². The molecule has 0 saturated carbocycles. The Morgan fingerprint density at radius 1 is 1.14 bits per heavy atom. The minimum Gasteiger partial charge on any atom is -0.335 e. The second-order valence-electron chi connectivity index (χ2n) is 6.95. The minimum atomic E-state index is -0.255. The molecular weight excluding hydrogens is 352 g/mol. The quantitative estimate of drug-likeness (QED) is 0.733. The van der Waals surface area contributed by atoms with E-state index in [0.717, 1.165) is 23.2 Å². The fourth-order valence-corrected chi connectivity index (χ4v) is 3.83. The lowest BCUT2D eigenvalue weighted by molar-refractivity contribution is -0.132. The van der Waals surface area contributed by atoms with Crippen LogP contribution in [0.25, 0.3) is 11.3 Å². The Morgan fingerprint density at radius 2 is 1.89 bits per heavy atom. The number of rotatable bonds is 4. The van der Waals surface area contributed by atoms with E-state index in [-0.39, 0.29) is 24.3 Å². The average molecular weight is 374 g/mol. The molecule has 0 fully saturated rings. The van der Waals surface area contributed by atoms with Gasteiger partial charge in [0.15, 0.2) is 0 Å². The molecular formula is C22H22N4O2. The van der Waals surface area contributed by atoms with Crippen LogP contribution in [0.3, 0.4) is 0 Å². The highest BCUT2D eigenvalue weighted by atomic mass is 16.2. The van der Waals surface area contributed by atoms with Crippen molar-refractivity contribution in [3.05, 3.63) is 71.9 Å². The number of aromatic nitrogens is 2. The van der Waals surface area contributed by atoms with Crippen molar-refractivity contribution in [3.63, 3.8) is 0 Å². The smallest absolute Gasteiger partial charge is 0.226 e. The first kappa shape index (κ1) is 18.0. The molecule has 0 saturated heterocycles. The summed E-state index contributed by atoms with van der Waals surface area (Å²) in [5, 5.41) is 9.97. The third kappa shape index (κ3) is 3.53. The molecule has 2 aromatic carbocycles. The highest BCUT2D eigenvalue weighted by molar-refractivity contribution is 5.95. The lowest BCUT2D eigenvalue weighted by atomic mass is 9.90. The van der Waals surface area contributed by atoms with Crippen LogP contribution in [-0.4, -0.2) is 33.5 Å². The summed E-state index contributed by atoms with van der Waals surface area (Å²) in [6.45, 7) is 2.19. The highest BCUT2D eigenvalue weighted by Gasteiger charge is 2.30. The number of anilines is 1. The molecule has 6 nitrogen and oxygen atoms in total. The zero-order valence-corrected chi connectivity index (χ0v) is 15.7. The van der Waals surface area contributed by atoms with Gasteiger partial charge in [0.25, 0.3) is 0 Å². The number of benzene rings is 2. The summed E-state index contributed by atoms with van der Waals surface area (Å²) >= 11 is 0. The summed E-state index contributed by atoms with van der Waals surface area (Å²) < 4.78 is 0. The number of aromatic amines is 1. The number of carbonyl (C=O) groups excluding carboxylic acids is 2. The van der Waals surface area contributed by atoms with Gasteiger partial charge in [-0.1, -0.05) is 54.6 Å². The van der Waals surface area contributed by atoms with E-state index in [1.54, 1.807) is 18.0 Å². The molecule has 4 rings (SSSR count). The number of nitrogens with zero attached hydrogens (tertiary/aromatic N) is 2. The maximum atomic E-state index is 12.8. The summed E-state index contributed by atoms with van der Waals surface area (Å²) in [5.41, 5.74) is 4.60. The Hall–Kier alpha value is -3.41. The molecule has 2 N–H and O–H groups in total. The number of nitrogens with one attached hydrogen (secondary N) is 2. The molecule has 1 aromatic heterocycles. The highest BCUT2D eigenvalue weighted by Crippen LogP contribution is 2.33. The molecule has 1 aliphatic heterocycles. The van der Waals surface area contributed by atoms with E-state index in [2.05, 4.69) is 21.6 Å². The van der Waals surface area contributed by atoms with Crippen LogP contribution in [0.2, 0.25) is 0 Å². The first-order valence-electron chi connectivity index (χ1n) is 9.37. The van der Waals surface area contributed by atoms with E-state index in [0.29, 0.717) is 12.2 Å². The third-order valence-electron chi connectivity index (χ3n) is 5.17. The first-order valence-corrected chi connectivity index (χ1v) is 9.37. The van der Waals surface area contributed by atoms with Gasteiger partial charge in [-0.2, -0.15) is 5.10 Å². The molecule has 6 heteroatoms. The van der Waals surface area contributed by atoms with Gasteiger partial charge in [0.05, 0.1) is 30.0 Å². The van der Waals surface area contributed by atoms with Crippen molar-refractivity contribution in [3.8, 4) is 11.3 Å². The molecule has 0 unspecified atom stereocenters. The maximum Gasteiger partial charge on any atom is 0.226 e. The minimum absolute atomic E-state index is 0.0133. The predicted molar refractivity (Wildman–Crippen MR) is 108 cm³/mol. The van der Waals surface area contributed by atoms with Crippen LogP contribution in [0.1, 0.15) is 30.5 Å².